The molecule has 30 aromatic carbocycles. The monoisotopic (exact) mass is 1020 g/mol. The molecule has 79 heavy (non-hydrogen) atoms. The van der Waals surface area contributed by atoms with Crippen molar-refractivity contribution in [3.8, 4) is 0 Å². The number of aryl methyl sites for hydroxylation is 1. The van der Waals surface area contributed by atoms with Crippen molar-refractivity contribution in [1.82, 2.24) is 4.72 Å². The van der Waals surface area contributed by atoms with Gasteiger partial charge in [-0.05, 0) is 350 Å². The number of sulfonamides is 1. The Hall–Kier alpha value is -8.90. The Labute approximate surface area is 438 Å². The van der Waals surface area contributed by atoms with Crippen molar-refractivity contribution < 1.29 is 8.42 Å². The van der Waals surface area contributed by atoms with Crippen molar-refractivity contribution in [2.45, 2.75) is 29.2 Å². The molecule has 0 heterocycles. The van der Waals surface area contributed by atoms with Gasteiger partial charge in [-0.2, -0.15) is 0 Å². The van der Waals surface area contributed by atoms with E-state index in [0.717, 1.165) is 5.56 Å². The molecule has 0 aromatic heterocycles. The van der Waals surface area contributed by atoms with Gasteiger partial charge in [0.25, 0.3) is 0 Å². The maximum atomic E-state index is 16.1. The van der Waals surface area contributed by atoms with Crippen LogP contribution in [0.15, 0.2) is 53.4 Å². The molecule has 0 saturated heterocycles. The topological polar surface area (TPSA) is 46.2 Å². The standard InChI is InChI=1S/C74H14ClNO2S/c1-10-2-4-11(5-3-10)73(76-79(77,78)13-8-6-12(75)7-9-13)74-70-66-60-46-38-30-18-15-14-16-19(18)31-33-29-23(16)25-21-17(14)20-24-22(15)28-32(30)44(46)52-50-36(28)34(24)42-40-26(20)27(21)41-43-35(25)37(29)51-53-45(33)47(39(31)38)61(60)67(70)63(53)65-57(51)55(43)59-49(41)48(40)58-54(42)56(50)64(62(52)66)71(74)68(58)69(59)72(65)74/h2-9,70,73,76H,1H3. The Balaban J connectivity index is 1.05. The Morgan fingerprint density at radius 1 is 0.329 bits per heavy atom. The summed E-state index contributed by atoms with van der Waals surface area (Å²) in [6, 6.07) is 15.3. The van der Waals surface area contributed by atoms with Crippen LogP contribution in [-0.2, 0) is 15.4 Å². The van der Waals surface area contributed by atoms with E-state index in [-0.39, 0.29) is 10.8 Å². The average molecular weight is 1020 g/mol. The number of benzene rings is 20. The van der Waals surface area contributed by atoms with Crippen molar-refractivity contribution in [3.63, 3.8) is 0 Å². The first kappa shape index (κ1) is 32.1. The number of rotatable bonds is 5. The van der Waals surface area contributed by atoms with Crippen molar-refractivity contribution in [2.75, 3.05) is 0 Å². The Morgan fingerprint density at radius 2 is 0.557 bits per heavy atom. The minimum atomic E-state index is -4.17. The van der Waals surface area contributed by atoms with Crippen LogP contribution < -0.4 is 4.72 Å². The molecule has 3 nitrogen and oxygen atoms in total. The zero-order valence-electron chi connectivity index (χ0n) is 40.4. The minimum absolute atomic E-state index is 0.141. The third-order valence-electron chi connectivity index (χ3n) is 26.5. The molecule has 1 N–H and O–H groups in total. The van der Waals surface area contributed by atoms with Gasteiger partial charge in [-0.25, -0.2) is 13.1 Å². The zero-order valence-corrected chi connectivity index (χ0v) is 41.9. The van der Waals surface area contributed by atoms with E-state index in [1.165, 1.54) is 146 Å². The molecular formula is C74H14ClNO2S. The quantitative estimate of drug-likeness (QED) is 0.175. The zero-order chi connectivity index (χ0) is 48.3. The van der Waals surface area contributed by atoms with Crippen LogP contribution >= 0.6 is 11.6 Å². The fourth-order valence-corrected chi connectivity index (χ4v) is 27.1. The Bertz CT molecular complexity index is 7830. The first-order valence-corrected chi connectivity index (χ1v) is 30.4. The molecule has 4 aliphatic rings. The predicted molar refractivity (Wildman–Crippen MR) is 331 cm³/mol. The number of hydrogen-bond acceptors (Lipinski definition) is 2. The fraction of sp³-hybridized carbons (Fsp3) is 0.0541. The maximum absolute atomic E-state index is 16.1. The maximum Gasteiger partial charge on any atom is 0.241 e. The molecule has 0 radical (unpaired) electrons. The fourth-order valence-electron chi connectivity index (χ4n) is 25.7. The molecule has 340 valence electrons. The van der Waals surface area contributed by atoms with E-state index in [4.69, 9.17) is 11.6 Å². The van der Waals surface area contributed by atoms with E-state index in [9.17, 15) is 0 Å². The summed E-state index contributed by atoms with van der Waals surface area (Å²) in [6.07, 6.45) is 0. The summed E-state index contributed by atoms with van der Waals surface area (Å²) >= 11 is 6.59. The van der Waals surface area contributed by atoms with Gasteiger partial charge in [-0.1, -0.05) is 41.4 Å². The van der Waals surface area contributed by atoms with Gasteiger partial charge >= 0.3 is 0 Å². The summed E-state index contributed by atoms with van der Waals surface area (Å²) in [4.78, 5) is 0.248. The minimum Gasteiger partial charge on any atom is -0.207 e. The van der Waals surface area contributed by atoms with E-state index in [1.54, 1.807) is 197 Å². The summed E-state index contributed by atoms with van der Waals surface area (Å²) in [5.41, 5.74) is 7.21. The summed E-state index contributed by atoms with van der Waals surface area (Å²) < 4.78 is 36.0. The Kier molecular flexibility index (Phi) is 3.13. The molecule has 34 rings (SSSR count). The molecule has 0 bridgehead atoms. The lowest BCUT2D eigenvalue weighted by molar-refractivity contribution is 0.363. The third-order valence-corrected chi connectivity index (χ3v) is 28.1. The summed E-state index contributed by atoms with van der Waals surface area (Å²) in [6.45, 7) is 2.17. The van der Waals surface area contributed by atoms with Crippen LogP contribution in [-0.4, -0.2) is 8.42 Å². The summed E-state index contributed by atoms with van der Waals surface area (Å²) in [5.74, 6) is -0.141. The van der Waals surface area contributed by atoms with Crippen LogP contribution in [0.3, 0.4) is 0 Å². The largest absolute Gasteiger partial charge is 0.241 e. The molecule has 5 heteroatoms. The van der Waals surface area contributed by atoms with Crippen molar-refractivity contribution >= 4 is 312 Å². The van der Waals surface area contributed by atoms with Gasteiger partial charge in [0.15, 0.2) is 0 Å². The van der Waals surface area contributed by atoms with E-state index < -0.39 is 21.5 Å². The molecular weight excluding hydrogens is 1000 g/mol. The summed E-state index contributed by atoms with van der Waals surface area (Å²) in [7, 11) is -4.17. The molecule has 0 spiro atoms. The lowest BCUT2D eigenvalue weighted by atomic mass is 9.53. The van der Waals surface area contributed by atoms with Gasteiger partial charge < -0.3 is 0 Å². The van der Waals surface area contributed by atoms with Gasteiger partial charge in [0, 0.05) is 10.9 Å². The molecule has 4 aliphatic carbocycles. The first-order valence-electron chi connectivity index (χ1n) is 28.6. The molecule has 0 amide bonds. The molecule has 1 atom stereocenters. The molecule has 1 unspecified atom stereocenters. The van der Waals surface area contributed by atoms with E-state index in [1.807, 2.05) is 0 Å². The van der Waals surface area contributed by atoms with Gasteiger partial charge in [-0.15, -0.1) is 0 Å². The molecule has 0 saturated carbocycles. The van der Waals surface area contributed by atoms with Crippen molar-refractivity contribution in [3.05, 3.63) is 86.9 Å². The van der Waals surface area contributed by atoms with Crippen molar-refractivity contribution in [2.24, 2.45) is 0 Å². The predicted octanol–water partition coefficient (Wildman–Crippen LogP) is 19.8. The lowest BCUT2D eigenvalue weighted by Gasteiger charge is -2.50. The number of hydrogen-bond donors (Lipinski definition) is 1. The van der Waals surface area contributed by atoms with Crippen LogP contribution in [0.25, 0.3) is 291 Å². The van der Waals surface area contributed by atoms with Crippen molar-refractivity contribution in [1.29, 1.82) is 0 Å². The molecule has 0 fully saturated rings. The van der Waals surface area contributed by atoms with Gasteiger partial charge in [0.1, 0.15) is 0 Å². The second-order valence-corrected chi connectivity index (χ2v) is 29.7. The number of halogens is 1. The lowest BCUT2D eigenvalue weighted by Crippen LogP contribution is -2.49. The van der Waals surface area contributed by atoms with Gasteiger partial charge in [-0.3, -0.25) is 0 Å². The van der Waals surface area contributed by atoms with Crippen LogP contribution in [0.2, 0.25) is 5.02 Å². The van der Waals surface area contributed by atoms with E-state index >= 15 is 8.42 Å². The highest BCUT2D eigenvalue weighted by Gasteiger charge is 2.66. The van der Waals surface area contributed by atoms with Gasteiger partial charge in [0.2, 0.25) is 10.0 Å². The second-order valence-electron chi connectivity index (χ2n) is 27.5. The molecule has 0 aliphatic heterocycles. The van der Waals surface area contributed by atoms with Crippen LogP contribution in [0, 0.1) is 6.92 Å². The highest BCUT2D eigenvalue weighted by molar-refractivity contribution is 7.89. The Morgan fingerprint density at radius 3 is 0.835 bits per heavy atom. The van der Waals surface area contributed by atoms with Gasteiger partial charge in [0.05, 0.1) is 16.4 Å². The van der Waals surface area contributed by atoms with Crippen LogP contribution in [0.4, 0.5) is 0 Å². The van der Waals surface area contributed by atoms with E-state index in [0.29, 0.717) is 5.02 Å². The first-order chi connectivity index (χ1) is 39.0. The van der Waals surface area contributed by atoms with Crippen LogP contribution in [0.1, 0.15) is 45.3 Å². The van der Waals surface area contributed by atoms with Crippen LogP contribution in [0.5, 0.6) is 0 Å². The highest BCUT2D eigenvalue weighted by Crippen LogP contribution is 2.84. The highest BCUT2D eigenvalue weighted by atomic mass is 35.5. The third kappa shape index (κ3) is 1.96. The molecule has 30 aromatic rings. The summed E-state index contributed by atoms with van der Waals surface area (Å²) in [5, 5.41) is 83.6. The SMILES string of the molecule is Cc1ccc(C(NS(=O)(=O)c2ccc(Cl)cc2)C23c4c5c6c7c8c9c(c%10c%11c2c2c4c4c%12c5c5c6c6c8c8c%13c9c9c%10c%10c%11c%11c2c2c4c4c%12c%12c5c5c6c8c6c8c%13c9c9c%10c%10c%11c2c2c4c4c%12c5c6c5c8c9c%10c2c45)C73)cc1. The second kappa shape index (κ2) is 7.69. The number of nitrogens with one attached hydrogen (secondary N) is 1. The van der Waals surface area contributed by atoms with E-state index in [2.05, 4.69) is 35.9 Å². The average Bonchev–Trinajstić information content (AvgIpc) is 1.53. The smallest absolute Gasteiger partial charge is 0.207 e. The normalized spacial score (nSPS) is 20.3.